The van der Waals surface area contributed by atoms with Gasteiger partial charge >= 0.3 is 0 Å². The van der Waals surface area contributed by atoms with Crippen LogP contribution in [0.2, 0.25) is 0 Å². The second kappa shape index (κ2) is 10.2. The van der Waals surface area contributed by atoms with Crippen molar-refractivity contribution in [2.24, 2.45) is 4.99 Å². The molecular formula is C16H29N5O. The molecular weight excluding hydrogens is 278 g/mol. The highest BCUT2D eigenvalue weighted by Gasteiger charge is 2.12. The molecule has 0 saturated heterocycles. The fraction of sp³-hybridized carbons (Fsp3) is 0.750. The van der Waals surface area contributed by atoms with Crippen molar-refractivity contribution in [1.82, 2.24) is 20.2 Å². The van der Waals surface area contributed by atoms with Gasteiger partial charge in [0, 0.05) is 45.7 Å². The second-order valence-electron chi connectivity index (χ2n) is 5.71. The molecule has 2 N–H and O–H groups in total. The summed E-state index contributed by atoms with van der Waals surface area (Å²) in [4.78, 5) is 8.25. The minimum Gasteiger partial charge on any atom is -0.378 e. The summed E-state index contributed by atoms with van der Waals surface area (Å²) in [6.07, 6.45) is 13.6. The third-order valence-corrected chi connectivity index (χ3v) is 3.96. The molecule has 1 aliphatic carbocycles. The van der Waals surface area contributed by atoms with Crippen LogP contribution in [0.1, 0.15) is 38.5 Å². The minimum atomic E-state index is 0.501. The van der Waals surface area contributed by atoms with Gasteiger partial charge in [-0.25, -0.2) is 4.98 Å². The Kier molecular flexibility index (Phi) is 7.80. The molecule has 124 valence electrons. The SMILES string of the molecule is CN=C(NCCCOC1CCCCC1)NCCn1ccnc1. The van der Waals surface area contributed by atoms with Gasteiger partial charge in [0.05, 0.1) is 12.4 Å². The Morgan fingerprint density at radius 2 is 2.09 bits per heavy atom. The van der Waals surface area contributed by atoms with E-state index in [-0.39, 0.29) is 0 Å². The van der Waals surface area contributed by atoms with Crippen LogP contribution >= 0.6 is 0 Å². The molecule has 6 heteroatoms. The average Bonchev–Trinajstić information content (AvgIpc) is 3.07. The molecule has 0 atom stereocenters. The van der Waals surface area contributed by atoms with Crippen molar-refractivity contribution in [3.63, 3.8) is 0 Å². The molecule has 1 aromatic heterocycles. The molecule has 0 bridgehead atoms. The molecule has 0 aliphatic heterocycles. The predicted molar refractivity (Wildman–Crippen MR) is 89.0 cm³/mol. The molecule has 1 aromatic rings. The lowest BCUT2D eigenvalue weighted by molar-refractivity contribution is 0.0277. The summed E-state index contributed by atoms with van der Waals surface area (Å²) in [5, 5.41) is 6.62. The number of hydrogen-bond acceptors (Lipinski definition) is 3. The zero-order valence-corrected chi connectivity index (χ0v) is 13.6. The van der Waals surface area contributed by atoms with Gasteiger partial charge in [-0.3, -0.25) is 4.99 Å². The first-order chi connectivity index (χ1) is 10.9. The molecule has 2 rings (SSSR count). The van der Waals surface area contributed by atoms with Crippen LogP contribution in [-0.4, -0.2) is 48.4 Å². The molecule has 1 heterocycles. The highest BCUT2D eigenvalue weighted by molar-refractivity contribution is 5.79. The monoisotopic (exact) mass is 307 g/mol. The number of ether oxygens (including phenoxy) is 1. The van der Waals surface area contributed by atoms with Crippen LogP contribution in [0.15, 0.2) is 23.7 Å². The van der Waals surface area contributed by atoms with Crippen LogP contribution in [0.4, 0.5) is 0 Å². The number of nitrogens with one attached hydrogen (secondary N) is 2. The van der Waals surface area contributed by atoms with Gasteiger partial charge in [0.25, 0.3) is 0 Å². The Bertz CT molecular complexity index is 412. The first-order valence-electron chi connectivity index (χ1n) is 8.40. The van der Waals surface area contributed by atoms with E-state index >= 15 is 0 Å². The molecule has 6 nitrogen and oxygen atoms in total. The third-order valence-electron chi connectivity index (χ3n) is 3.96. The molecule has 0 amide bonds. The van der Waals surface area contributed by atoms with Crippen LogP contribution in [0.3, 0.4) is 0 Å². The van der Waals surface area contributed by atoms with Gasteiger partial charge in [0.2, 0.25) is 0 Å². The Morgan fingerprint density at radius 1 is 1.27 bits per heavy atom. The summed E-state index contributed by atoms with van der Waals surface area (Å²) in [5.41, 5.74) is 0. The van der Waals surface area contributed by atoms with Gasteiger partial charge in [0.15, 0.2) is 5.96 Å². The Hall–Kier alpha value is -1.56. The van der Waals surface area contributed by atoms with Crippen LogP contribution in [0.5, 0.6) is 0 Å². The van der Waals surface area contributed by atoms with E-state index in [0.717, 1.165) is 38.6 Å². The van der Waals surface area contributed by atoms with Crippen molar-refractivity contribution in [1.29, 1.82) is 0 Å². The van der Waals surface area contributed by atoms with E-state index in [4.69, 9.17) is 4.74 Å². The quantitative estimate of drug-likeness (QED) is 0.437. The standard InChI is InChI=1S/C16H29N5O/c1-17-16(20-10-12-21-11-9-18-14-21)19-8-5-13-22-15-6-3-2-4-7-15/h9,11,14-15H,2-8,10,12-13H2,1H3,(H2,17,19,20). The van der Waals surface area contributed by atoms with Gasteiger partial charge in [-0.2, -0.15) is 0 Å². The van der Waals surface area contributed by atoms with Crippen LogP contribution < -0.4 is 10.6 Å². The van der Waals surface area contributed by atoms with E-state index in [9.17, 15) is 0 Å². The number of nitrogens with zero attached hydrogens (tertiary/aromatic N) is 3. The molecule has 0 unspecified atom stereocenters. The normalized spacial score (nSPS) is 16.7. The fourth-order valence-electron chi connectivity index (χ4n) is 2.70. The van der Waals surface area contributed by atoms with Gasteiger partial charge in [-0.05, 0) is 19.3 Å². The maximum absolute atomic E-state index is 5.92. The van der Waals surface area contributed by atoms with Crippen molar-refractivity contribution in [2.75, 3.05) is 26.7 Å². The van der Waals surface area contributed by atoms with Crippen LogP contribution in [-0.2, 0) is 11.3 Å². The fourth-order valence-corrected chi connectivity index (χ4v) is 2.70. The number of aliphatic imine (C=N–C) groups is 1. The van der Waals surface area contributed by atoms with Crippen molar-refractivity contribution in [2.45, 2.75) is 51.2 Å². The zero-order chi connectivity index (χ0) is 15.5. The summed E-state index contributed by atoms with van der Waals surface area (Å²) in [7, 11) is 1.80. The summed E-state index contributed by atoms with van der Waals surface area (Å²) in [6.45, 7) is 3.43. The first kappa shape index (κ1) is 16.8. The lowest BCUT2D eigenvalue weighted by Gasteiger charge is -2.22. The van der Waals surface area contributed by atoms with Crippen LogP contribution in [0, 0.1) is 0 Å². The van der Waals surface area contributed by atoms with Crippen molar-refractivity contribution < 1.29 is 4.74 Å². The van der Waals surface area contributed by atoms with Gasteiger partial charge < -0.3 is 19.9 Å². The molecule has 0 radical (unpaired) electrons. The van der Waals surface area contributed by atoms with Crippen molar-refractivity contribution >= 4 is 5.96 Å². The molecule has 0 spiro atoms. The third kappa shape index (κ3) is 6.47. The number of rotatable bonds is 8. The van der Waals surface area contributed by atoms with E-state index in [1.165, 1.54) is 32.1 Å². The Balaban J connectivity index is 1.48. The largest absolute Gasteiger partial charge is 0.378 e. The molecule has 22 heavy (non-hydrogen) atoms. The topological polar surface area (TPSA) is 63.5 Å². The summed E-state index contributed by atoms with van der Waals surface area (Å²) < 4.78 is 7.96. The van der Waals surface area contributed by atoms with E-state index in [1.54, 1.807) is 13.2 Å². The maximum atomic E-state index is 5.92. The summed E-state index contributed by atoms with van der Waals surface area (Å²) >= 11 is 0. The van der Waals surface area contributed by atoms with Crippen molar-refractivity contribution in [3.8, 4) is 0 Å². The number of guanidine groups is 1. The zero-order valence-electron chi connectivity index (χ0n) is 13.6. The first-order valence-corrected chi connectivity index (χ1v) is 8.40. The summed E-state index contributed by atoms with van der Waals surface area (Å²) in [5.74, 6) is 0.845. The van der Waals surface area contributed by atoms with Gasteiger partial charge in [0.1, 0.15) is 0 Å². The second-order valence-corrected chi connectivity index (χ2v) is 5.71. The minimum absolute atomic E-state index is 0.501. The molecule has 1 saturated carbocycles. The molecule has 0 aromatic carbocycles. The number of aromatic nitrogens is 2. The smallest absolute Gasteiger partial charge is 0.191 e. The Labute approximate surface area is 133 Å². The van der Waals surface area contributed by atoms with E-state index < -0.39 is 0 Å². The lowest BCUT2D eigenvalue weighted by Crippen LogP contribution is -2.39. The average molecular weight is 307 g/mol. The maximum Gasteiger partial charge on any atom is 0.191 e. The predicted octanol–water partition coefficient (Wildman–Crippen LogP) is 1.79. The van der Waals surface area contributed by atoms with E-state index in [2.05, 4.69) is 20.6 Å². The lowest BCUT2D eigenvalue weighted by atomic mass is 9.98. The number of hydrogen-bond donors (Lipinski definition) is 2. The molecule has 1 fully saturated rings. The number of imidazole rings is 1. The van der Waals surface area contributed by atoms with Crippen molar-refractivity contribution in [3.05, 3.63) is 18.7 Å². The van der Waals surface area contributed by atoms with Gasteiger partial charge in [-0.15, -0.1) is 0 Å². The van der Waals surface area contributed by atoms with Crippen LogP contribution in [0.25, 0.3) is 0 Å². The Morgan fingerprint density at radius 3 is 2.82 bits per heavy atom. The van der Waals surface area contributed by atoms with Gasteiger partial charge in [-0.1, -0.05) is 19.3 Å². The van der Waals surface area contributed by atoms with E-state index in [0.29, 0.717) is 6.10 Å². The highest BCUT2D eigenvalue weighted by Crippen LogP contribution is 2.20. The van der Waals surface area contributed by atoms with E-state index in [1.807, 2.05) is 17.1 Å². The molecule has 1 aliphatic rings. The summed E-state index contributed by atoms with van der Waals surface area (Å²) in [6, 6.07) is 0. The highest BCUT2D eigenvalue weighted by atomic mass is 16.5.